The molecule has 29 heavy (non-hydrogen) atoms. The van der Waals surface area contributed by atoms with Gasteiger partial charge in [-0.2, -0.15) is 5.10 Å². The fourth-order valence-electron chi connectivity index (χ4n) is 3.31. The summed E-state index contributed by atoms with van der Waals surface area (Å²) in [6, 6.07) is 12.4. The first kappa shape index (κ1) is 18.5. The Morgan fingerprint density at radius 2 is 2.00 bits per heavy atom. The lowest BCUT2D eigenvalue weighted by molar-refractivity contribution is -0.121. The van der Waals surface area contributed by atoms with Gasteiger partial charge in [-0.05, 0) is 23.8 Å². The van der Waals surface area contributed by atoms with Gasteiger partial charge < -0.3 is 9.88 Å². The normalized spacial score (nSPS) is 12.1. The van der Waals surface area contributed by atoms with E-state index in [-0.39, 0.29) is 17.9 Å². The molecule has 2 aromatic carbocycles. The van der Waals surface area contributed by atoms with Gasteiger partial charge in [0.1, 0.15) is 17.7 Å². The van der Waals surface area contributed by atoms with Crippen molar-refractivity contribution in [3.8, 4) is 0 Å². The highest BCUT2D eigenvalue weighted by atomic mass is 19.1. The summed E-state index contributed by atoms with van der Waals surface area (Å²) in [5, 5.41) is 10.5. The lowest BCUT2D eigenvalue weighted by Gasteiger charge is -2.19. The van der Waals surface area contributed by atoms with Crippen molar-refractivity contribution >= 4 is 16.7 Å². The molecule has 0 aliphatic heterocycles. The molecule has 7 nitrogen and oxygen atoms in total. The van der Waals surface area contributed by atoms with Crippen molar-refractivity contribution in [1.82, 2.24) is 25.1 Å². The number of rotatable bonds is 5. The van der Waals surface area contributed by atoms with E-state index in [9.17, 15) is 14.0 Å². The number of H-pyrrole nitrogens is 1. The molecule has 4 rings (SSSR count). The Balaban J connectivity index is 1.65. The summed E-state index contributed by atoms with van der Waals surface area (Å²) in [5.74, 6) is -0.153. The van der Waals surface area contributed by atoms with Crippen LogP contribution in [0.15, 0.2) is 65.7 Å². The number of aromatic amines is 1. The number of benzene rings is 2. The van der Waals surface area contributed by atoms with Gasteiger partial charge in [-0.1, -0.05) is 30.3 Å². The van der Waals surface area contributed by atoms with E-state index in [1.807, 2.05) is 0 Å². The number of aromatic nitrogens is 4. The lowest BCUT2D eigenvalue weighted by atomic mass is 10.0. The maximum absolute atomic E-state index is 13.8. The summed E-state index contributed by atoms with van der Waals surface area (Å²) in [5.41, 5.74) is 0.720. The molecule has 0 aliphatic rings. The van der Waals surface area contributed by atoms with Crippen LogP contribution in [0.5, 0.6) is 0 Å². The molecular formula is C21H18FN5O2. The first-order chi connectivity index (χ1) is 14.0. The predicted octanol–water partition coefficient (Wildman–Crippen LogP) is 2.24. The SMILES string of the molecule is Cn1ccnc1[C@H](NC(=O)Cc1n[nH]c(=O)c2ccccc12)c1cccc(F)c1. The minimum absolute atomic E-state index is 0.0481. The van der Waals surface area contributed by atoms with Crippen molar-refractivity contribution in [2.75, 3.05) is 0 Å². The summed E-state index contributed by atoms with van der Waals surface area (Å²) in [7, 11) is 1.80. The summed E-state index contributed by atoms with van der Waals surface area (Å²) in [4.78, 5) is 29.1. The van der Waals surface area contributed by atoms with E-state index in [1.54, 1.807) is 60.4 Å². The van der Waals surface area contributed by atoms with Crippen molar-refractivity contribution in [2.24, 2.45) is 7.05 Å². The zero-order chi connectivity index (χ0) is 20.4. The molecule has 4 aromatic rings. The molecule has 0 saturated carbocycles. The minimum atomic E-state index is -0.632. The molecule has 1 atom stereocenters. The average Bonchev–Trinajstić information content (AvgIpc) is 3.14. The molecule has 2 N–H and O–H groups in total. The van der Waals surface area contributed by atoms with Crippen LogP contribution in [-0.4, -0.2) is 25.7 Å². The maximum Gasteiger partial charge on any atom is 0.272 e. The third-order valence-electron chi connectivity index (χ3n) is 4.71. The fourth-order valence-corrected chi connectivity index (χ4v) is 3.31. The van der Waals surface area contributed by atoms with Crippen molar-refractivity contribution < 1.29 is 9.18 Å². The van der Waals surface area contributed by atoms with E-state index >= 15 is 0 Å². The van der Waals surface area contributed by atoms with Crippen molar-refractivity contribution in [2.45, 2.75) is 12.5 Å². The lowest BCUT2D eigenvalue weighted by Crippen LogP contribution is -2.32. The first-order valence-corrected chi connectivity index (χ1v) is 9.01. The van der Waals surface area contributed by atoms with E-state index in [0.717, 1.165) is 0 Å². The minimum Gasteiger partial charge on any atom is -0.342 e. The van der Waals surface area contributed by atoms with Gasteiger partial charge in [-0.15, -0.1) is 0 Å². The van der Waals surface area contributed by atoms with E-state index in [0.29, 0.717) is 27.9 Å². The number of nitrogens with zero attached hydrogens (tertiary/aromatic N) is 3. The molecule has 1 amide bonds. The van der Waals surface area contributed by atoms with Crippen molar-refractivity contribution in [3.05, 3.63) is 94.2 Å². The quantitative estimate of drug-likeness (QED) is 0.546. The van der Waals surface area contributed by atoms with Crippen LogP contribution in [0.2, 0.25) is 0 Å². The highest BCUT2D eigenvalue weighted by Gasteiger charge is 2.22. The highest BCUT2D eigenvalue weighted by Crippen LogP contribution is 2.22. The number of amides is 1. The third-order valence-corrected chi connectivity index (χ3v) is 4.71. The summed E-state index contributed by atoms with van der Waals surface area (Å²) >= 11 is 0. The standard InChI is InChI=1S/C21H18FN5O2/c1-27-10-9-23-20(27)19(13-5-4-6-14(22)11-13)24-18(28)12-17-15-7-2-3-8-16(15)21(29)26-25-17/h2-11,19H,12H2,1H3,(H,24,28)(H,26,29)/t19-/m1/s1. The van der Waals surface area contributed by atoms with E-state index in [1.165, 1.54) is 12.1 Å². The van der Waals surface area contributed by atoms with Gasteiger partial charge in [0.15, 0.2) is 0 Å². The number of nitrogens with one attached hydrogen (secondary N) is 2. The fraction of sp³-hybridized carbons (Fsp3) is 0.143. The molecule has 0 aliphatic carbocycles. The summed E-state index contributed by atoms with van der Waals surface area (Å²) in [6.45, 7) is 0. The molecule has 0 radical (unpaired) electrons. The summed E-state index contributed by atoms with van der Waals surface area (Å²) < 4.78 is 15.6. The van der Waals surface area contributed by atoms with Crippen molar-refractivity contribution in [3.63, 3.8) is 0 Å². The second-order valence-corrected chi connectivity index (χ2v) is 6.67. The van der Waals surface area contributed by atoms with Crippen LogP contribution in [0.3, 0.4) is 0 Å². The maximum atomic E-state index is 13.8. The highest BCUT2D eigenvalue weighted by molar-refractivity contribution is 5.88. The molecule has 8 heteroatoms. The molecule has 0 saturated heterocycles. The molecule has 0 unspecified atom stereocenters. The first-order valence-electron chi connectivity index (χ1n) is 9.01. The number of aryl methyl sites for hydroxylation is 1. The van der Waals surface area contributed by atoms with E-state index in [2.05, 4.69) is 20.5 Å². The number of carbonyl (C=O) groups is 1. The Hall–Kier alpha value is -3.81. The number of imidazole rings is 1. The smallest absolute Gasteiger partial charge is 0.272 e. The number of fused-ring (bicyclic) bond motifs is 1. The van der Waals surface area contributed by atoms with E-state index in [4.69, 9.17) is 0 Å². The Morgan fingerprint density at radius 3 is 2.72 bits per heavy atom. The van der Waals surface area contributed by atoms with Gasteiger partial charge in [-0.3, -0.25) is 9.59 Å². The Bertz CT molecular complexity index is 1250. The van der Waals surface area contributed by atoms with Gasteiger partial charge in [0, 0.05) is 24.8 Å². The van der Waals surface area contributed by atoms with Gasteiger partial charge in [0.05, 0.1) is 17.5 Å². The summed E-state index contributed by atoms with van der Waals surface area (Å²) in [6.07, 6.45) is 3.32. The molecule has 2 heterocycles. The zero-order valence-electron chi connectivity index (χ0n) is 15.6. The topological polar surface area (TPSA) is 92.7 Å². The second kappa shape index (κ2) is 7.67. The Kier molecular flexibility index (Phi) is 4.90. The van der Waals surface area contributed by atoms with Crippen LogP contribution in [0.1, 0.15) is 23.1 Å². The largest absolute Gasteiger partial charge is 0.342 e. The van der Waals surface area contributed by atoms with Crippen LogP contribution >= 0.6 is 0 Å². The molecule has 2 aromatic heterocycles. The molecule has 146 valence electrons. The molecular weight excluding hydrogens is 373 g/mol. The number of hydrogen-bond donors (Lipinski definition) is 2. The van der Waals surface area contributed by atoms with Crippen LogP contribution < -0.4 is 10.9 Å². The molecule has 0 spiro atoms. The predicted molar refractivity (Wildman–Crippen MR) is 106 cm³/mol. The van der Waals surface area contributed by atoms with Gasteiger partial charge in [0.2, 0.25) is 5.91 Å². The monoisotopic (exact) mass is 391 g/mol. The van der Waals surface area contributed by atoms with Gasteiger partial charge >= 0.3 is 0 Å². The van der Waals surface area contributed by atoms with Crippen LogP contribution in [-0.2, 0) is 18.3 Å². The van der Waals surface area contributed by atoms with Gasteiger partial charge in [0.25, 0.3) is 5.56 Å². The van der Waals surface area contributed by atoms with Gasteiger partial charge in [-0.25, -0.2) is 14.5 Å². The number of carbonyl (C=O) groups excluding carboxylic acids is 1. The van der Waals surface area contributed by atoms with Crippen LogP contribution in [0.4, 0.5) is 4.39 Å². The van der Waals surface area contributed by atoms with Crippen molar-refractivity contribution in [1.29, 1.82) is 0 Å². The van der Waals surface area contributed by atoms with E-state index < -0.39 is 11.9 Å². The number of hydrogen-bond acceptors (Lipinski definition) is 4. The Morgan fingerprint density at radius 1 is 1.21 bits per heavy atom. The second-order valence-electron chi connectivity index (χ2n) is 6.67. The molecule has 0 fully saturated rings. The zero-order valence-corrected chi connectivity index (χ0v) is 15.6. The van der Waals surface area contributed by atoms with Crippen LogP contribution in [0.25, 0.3) is 10.8 Å². The average molecular weight is 391 g/mol. The van der Waals surface area contributed by atoms with Crippen LogP contribution in [0, 0.1) is 5.82 Å². The third kappa shape index (κ3) is 3.77. The molecule has 0 bridgehead atoms. The Labute approximate surface area is 165 Å². The number of halogens is 1.